The van der Waals surface area contributed by atoms with Gasteiger partial charge in [0.25, 0.3) is 0 Å². The molecule has 1 heterocycles. The predicted octanol–water partition coefficient (Wildman–Crippen LogP) is 0.00150. The molecule has 0 unspecified atom stereocenters. The monoisotopic (exact) mass is 166 g/mol. The van der Waals surface area contributed by atoms with Crippen molar-refractivity contribution >= 4 is 11.6 Å². The third-order valence-corrected chi connectivity index (χ3v) is 1.65. The number of hydrogen-bond donors (Lipinski definition) is 1. The van der Waals surface area contributed by atoms with E-state index in [-0.39, 0.29) is 6.10 Å². The molecular weight excluding hydrogens is 156 g/mol. The number of halogens is 1. The molecule has 10 heavy (non-hydrogen) atoms. The Morgan fingerprint density at radius 1 is 1.40 bits per heavy atom. The average Bonchev–Trinajstić information content (AvgIpc) is 2.14. The van der Waals surface area contributed by atoms with Crippen molar-refractivity contribution in [3.05, 3.63) is 0 Å². The van der Waals surface area contributed by atoms with Gasteiger partial charge in [-0.25, -0.2) is 0 Å². The van der Waals surface area contributed by atoms with Crippen LogP contribution in [-0.4, -0.2) is 43.0 Å². The van der Waals surface area contributed by atoms with Gasteiger partial charge < -0.3 is 14.6 Å². The van der Waals surface area contributed by atoms with Gasteiger partial charge in [0.2, 0.25) is 0 Å². The van der Waals surface area contributed by atoms with E-state index in [1.165, 1.54) is 0 Å². The van der Waals surface area contributed by atoms with E-state index >= 15 is 0 Å². The van der Waals surface area contributed by atoms with Crippen molar-refractivity contribution in [3.63, 3.8) is 0 Å². The highest BCUT2D eigenvalue weighted by Gasteiger charge is 2.16. The summed E-state index contributed by atoms with van der Waals surface area (Å²) in [6, 6.07) is 0. The van der Waals surface area contributed by atoms with E-state index in [1.54, 1.807) is 0 Å². The van der Waals surface area contributed by atoms with Crippen LogP contribution in [0.4, 0.5) is 0 Å². The Kier molecular flexibility index (Phi) is 3.42. The number of hydrogen-bond acceptors (Lipinski definition) is 3. The number of aliphatic hydroxyl groups excluding tert-OH is 1. The van der Waals surface area contributed by atoms with Crippen LogP contribution in [0.5, 0.6) is 0 Å². The van der Waals surface area contributed by atoms with Gasteiger partial charge >= 0.3 is 0 Å². The summed E-state index contributed by atoms with van der Waals surface area (Å²) >= 11 is 5.51. The maximum Gasteiger partial charge on any atom is 0.101 e. The fourth-order valence-corrected chi connectivity index (χ4v) is 0.946. The molecule has 0 bridgehead atoms. The standard InChI is InChI=1S/C6H11ClO3/c7-1-6-4-9-2-5(8)3-10-6/h5-6,8H,1-4H2/t5-,6-/m1/s1. The number of aliphatic hydroxyl groups is 1. The summed E-state index contributed by atoms with van der Waals surface area (Å²) in [7, 11) is 0. The fraction of sp³-hybridized carbons (Fsp3) is 1.00. The van der Waals surface area contributed by atoms with Crippen LogP contribution in [-0.2, 0) is 9.47 Å². The quantitative estimate of drug-likeness (QED) is 0.558. The lowest BCUT2D eigenvalue weighted by Crippen LogP contribution is -2.20. The van der Waals surface area contributed by atoms with Gasteiger partial charge in [-0.1, -0.05) is 0 Å². The first kappa shape index (κ1) is 8.27. The van der Waals surface area contributed by atoms with E-state index in [4.69, 9.17) is 26.2 Å². The van der Waals surface area contributed by atoms with Gasteiger partial charge in [0, 0.05) is 0 Å². The highest BCUT2D eigenvalue weighted by Crippen LogP contribution is 2.03. The molecule has 0 aliphatic carbocycles. The molecule has 1 N–H and O–H groups in total. The molecule has 0 spiro atoms. The Balaban J connectivity index is 2.26. The highest BCUT2D eigenvalue weighted by molar-refractivity contribution is 6.18. The van der Waals surface area contributed by atoms with Crippen LogP contribution >= 0.6 is 11.6 Å². The van der Waals surface area contributed by atoms with Crippen molar-refractivity contribution < 1.29 is 14.6 Å². The van der Waals surface area contributed by atoms with Crippen LogP contribution in [0.1, 0.15) is 0 Å². The van der Waals surface area contributed by atoms with E-state index in [9.17, 15) is 0 Å². The number of ether oxygens (including phenoxy) is 2. The Bertz CT molecular complexity index is 99.0. The molecule has 3 nitrogen and oxygen atoms in total. The largest absolute Gasteiger partial charge is 0.388 e. The molecule has 1 saturated heterocycles. The van der Waals surface area contributed by atoms with E-state index in [0.717, 1.165) is 0 Å². The molecule has 0 radical (unpaired) electrons. The molecule has 0 aromatic rings. The normalized spacial score (nSPS) is 35.4. The predicted molar refractivity (Wildman–Crippen MR) is 37.3 cm³/mol. The molecule has 1 fully saturated rings. The van der Waals surface area contributed by atoms with Gasteiger partial charge in [-0.2, -0.15) is 0 Å². The summed E-state index contributed by atoms with van der Waals surface area (Å²) in [5, 5.41) is 9.01. The lowest BCUT2D eigenvalue weighted by Gasteiger charge is -2.09. The topological polar surface area (TPSA) is 38.7 Å². The summed E-state index contributed by atoms with van der Waals surface area (Å²) in [5.41, 5.74) is 0. The Morgan fingerprint density at radius 3 is 2.90 bits per heavy atom. The SMILES string of the molecule is O[C@@H]1COC[C@@H](CCl)OC1. The molecule has 1 aliphatic heterocycles. The molecule has 0 aromatic heterocycles. The molecule has 0 saturated carbocycles. The van der Waals surface area contributed by atoms with Crippen molar-refractivity contribution in [2.24, 2.45) is 0 Å². The Morgan fingerprint density at radius 2 is 2.20 bits per heavy atom. The van der Waals surface area contributed by atoms with Crippen LogP contribution in [0, 0.1) is 0 Å². The average molecular weight is 167 g/mol. The van der Waals surface area contributed by atoms with Gasteiger partial charge in [-0.3, -0.25) is 0 Å². The van der Waals surface area contributed by atoms with Crippen molar-refractivity contribution in [1.82, 2.24) is 0 Å². The van der Waals surface area contributed by atoms with Gasteiger partial charge in [-0.15, -0.1) is 11.6 Å². The van der Waals surface area contributed by atoms with Gasteiger partial charge in [0.1, 0.15) is 6.10 Å². The van der Waals surface area contributed by atoms with Crippen LogP contribution in [0.3, 0.4) is 0 Å². The summed E-state index contributed by atoms with van der Waals surface area (Å²) in [5.74, 6) is 0.423. The number of alkyl halides is 1. The summed E-state index contributed by atoms with van der Waals surface area (Å²) < 4.78 is 10.2. The molecule has 0 aromatic carbocycles. The Labute approximate surface area is 64.9 Å². The molecule has 0 amide bonds. The zero-order valence-corrected chi connectivity index (χ0v) is 6.38. The van der Waals surface area contributed by atoms with Gasteiger partial charge in [0.05, 0.1) is 31.8 Å². The van der Waals surface area contributed by atoms with Gasteiger partial charge in [-0.05, 0) is 0 Å². The molecular formula is C6H11ClO3. The lowest BCUT2D eigenvalue weighted by atomic mass is 10.4. The first-order chi connectivity index (χ1) is 4.83. The van der Waals surface area contributed by atoms with Crippen molar-refractivity contribution in [1.29, 1.82) is 0 Å². The van der Waals surface area contributed by atoms with E-state index in [2.05, 4.69) is 0 Å². The smallest absolute Gasteiger partial charge is 0.101 e. The number of rotatable bonds is 1. The van der Waals surface area contributed by atoms with Crippen LogP contribution in [0.2, 0.25) is 0 Å². The lowest BCUT2D eigenvalue weighted by molar-refractivity contribution is 0.0229. The van der Waals surface area contributed by atoms with E-state index < -0.39 is 6.10 Å². The minimum absolute atomic E-state index is 0.0567. The third kappa shape index (κ3) is 2.42. The van der Waals surface area contributed by atoms with Gasteiger partial charge in [0.15, 0.2) is 0 Å². The molecule has 60 valence electrons. The van der Waals surface area contributed by atoms with Crippen molar-refractivity contribution in [2.75, 3.05) is 25.7 Å². The zero-order chi connectivity index (χ0) is 7.40. The molecule has 1 aliphatic rings. The summed E-state index contributed by atoms with van der Waals surface area (Å²) in [6.07, 6.45) is -0.549. The maximum atomic E-state index is 9.01. The summed E-state index contributed by atoms with van der Waals surface area (Å²) in [6.45, 7) is 1.17. The second kappa shape index (κ2) is 4.13. The molecule has 1 rings (SSSR count). The van der Waals surface area contributed by atoms with Crippen LogP contribution < -0.4 is 0 Å². The van der Waals surface area contributed by atoms with Crippen LogP contribution in [0.25, 0.3) is 0 Å². The maximum absolute atomic E-state index is 9.01. The highest BCUT2D eigenvalue weighted by atomic mass is 35.5. The first-order valence-corrected chi connectivity index (χ1v) is 3.79. The first-order valence-electron chi connectivity index (χ1n) is 3.26. The molecule has 4 heteroatoms. The Hall–Kier alpha value is 0.170. The van der Waals surface area contributed by atoms with E-state index in [1.807, 2.05) is 0 Å². The molecule has 2 atom stereocenters. The summed E-state index contributed by atoms with van der Waals surface area (Å²) in [4.78, 5) is 0. The fourth-order valence-electron chi connectivity index (χ4n) is 0.768. The van der Waals surface area contributed by atoms with Crippen molar-refractivity contribution in [3.8, 4) is 0 Å². The minimum Gasteiger partial charge on any atom is -0.388 e. The van der Waals surface area contributed by atoms with Crippen LogP contribution in [0.15, 0.2) is 0 Å². The third-order valence-electron chi connectivity index (χ3n) is 1.31. The zero-order valence-electron chi connectivity index (χ0n) is 5.62. The second-order valence-corrected chi connectivity index (χ2v) is 2.61. The van der Waals surface area contributed by atoms with Crippen molar-refractivity contribution in [2.45, 2.75) is 12.2 Å². The minimum atomic E-state index is -0.492. The second-order valence-electron chi connectivity index (χ2n) is 2.30. The van der Waals surface area contributed by atoms with E-state index in [0.29, 0.717) is 25.7 Å².